The van der Waals surface area contributed by atoms with Crippen molar-refractivity contribution in [2.75, 3.05) is 28.4 Å². The Morgan fingerprint density at radius 2 is 1.50 bits per heavy atom. The molecule has 0 aliphatic heterocycles. The van der Waals surface area contributed by atoms with Gasteiger partial charge in [-0.05, 0) is 29.7 Å². The monoisotopic (exact) mass is 363 g/mol. The van der Waals surface area contributed by atoms with Crippen LogP contribution in [0.15, 0.2) is 23.8 Å². The fraction of sp³-hybridized carbons (Fsp3) is 0.333. The van der Waals surface area contributed by atoms with E-state index in [2.05, 4.69) is 25.0 Å². The summed E-state index contributed by atoms with van der Waals surface area (Å²) in [5.41, 5.74) is 0.618. The number of benzene rings is 1. The van der Waals surface area contributed by atoms with Crippen molar-refractivity contribution in [2.45, 2.75) is 6.42 Å². The number of ether oxygens (including phenoxy) is 4. The number of carbonyl (C=O) groups is 4. The molecule has 0 heterocycles. The molecule has 0 amide bonds. The molecule has 1 aromatic carbocycles. The van der Waals surface area contributed by atoms with E-state index in [1.807, 2.05) is 0 Å². The third kappa shape index (κ3) is 5.44. The van der Waals surface area contributed by atoms with Crippen LogP contribution in [0.1, 0.15) is 11.1 Å². The van der Waals surface area contributed by atoms with E-state index in [1.54, 1.807) is 12.1 Å². The molecular formula is C18H19O8. The summed E-state index contributed by atoms with van der Waals surface area (Å²) in [5.74, 6) is -4.32. The molecule has 0 aliphatic carbocycles. The summed E-state index contributed by atoms with van der Waals surface area (Å²) in [6.45, 7) is 0. The molecule has 1 aromatic rings. The van der Waals surface area contributed by atoms with Crippen LogP contribution < -0.4 is 0 Å². The first-order valence-electron chi connectivity index (χ1n) is 7.42. The van der Waals surface area contributed by atoms with Crippen LogP contribution in [-0.4, -0.2) is 52.3 Å². The maximum absolute atomic E-state index is 11.8. The number of hydrogen-bond donors (Lipinski definition) is 0. The zero-order valence-electron chi connectivity index (χ0n) is 14.9. The lowest BCUT2D eigenvalue weighted by atomic mass is 9.97. The molecule has 0 bridgehead atoms. The van der Waals surface area contributed by atoms with Crippen molar-refractivity contribution in [3.8, 4) is 0 Å². The van der Waals surface area contributed by atoms with Crippen molar-refractivity contribution in [2.24, 2.45) is 5.92 Å². The van der Waals surface area contributed by atoms with Crippen LogP contribution in [-0.2, 0) is 44.5 Å². The predicted octanol–water partition coefficient (Wildman–Crippen LogP) is 0.721. The van der Waals surface area contributed by atoms with Gasteiger partial charge in [-0.25, -0.2) is 9.59 Å². The SMILES string of the molecule is COC(=O)C(=Cc1[c]ccc(CC(C(=O)OC)C(=O)OC)c1)C(=O)OC. The van der Waals surface area contributed by atoms with Crippen molar-refractivity contribution < 1.29 is 38.1 Å². The van der Waals surface area contributed by atoms with Crippen LogP contribution >= 0.6 is 0 Å². The van der Waals surface area contributed by atoms with Gasteiger partial charge in [0.2, 0.25) is 0 Å². The number of carbonyl (C=O) groups excluding carboxylic acids is 4. The fourth-order valence-electron chi connectivity index (χ4n) is 2.10. The number of rotatable bonds is 7. The van der Waals surface area contributed by atoms with Crippen LogP contribution in [0.4, 0.5) is 0 Å². The quantitative estimate of drug-likeness (QED) is 0.229. The second-order valence-corrected chi connectivity index (χ2v) is 5.00. The Morgan fingerprint density at radius 1 is 0.962 bits per heavy atom. The third-order valence-corrected chi connectivity index (χ3v) is 3.41. The molecule has 0 saturated heterocycles. The summed E-state index contributed by atoms with van der Waals surface area (Å²) >= 11 is 0. The second-order valence-electron chi connectivity index (χ2n) is 5.00. The Kier molecular flexibility index (Phi) is 8.01. The van der Waals surface area contributed by atoms with Crippen LogP contribution in [0.5, 0.6) is 0 Å². The first kappa shape index (κ1) is 20.9. The lowest BCUT2D eigenvalue weighted by molar-refractivity contribution is -0.158. The van der Waals surface area contributed by atoms with Crippen molar-refractivity contribution in [3.63, 3.8) is 0 Å². The largest absolute Gasteiger partial charge is 0.468 e. The van der Waals surface area contributed by atoms with Crippen LogP contribution in [0.2, 0.25) is 0 Å². The standard InChI is InChI=1S/C18H19O8/c1-23-15(19)13(16(20)24-2)9-11-6-5-7-12(8-11)10-14(17(21)25-3)18(22)26-4/h5-6,8,10,13H,9H2,1-4H3. The maximum Gasteiger partial charge on any atom is 0.345 e. The molecule has 0 unspecified atom stereocenters. The summed E-state index contributed by atoms with van der Waals surface area (Å²) in [7, 11) is 4.61. The van der Waals surface area contributed by atoms with Gasteiger partial charge in [0.1, 0.15) is 5.57 Å². The molecule has 8 heteroatoms. The van der Waals surface area contributed by atoms with Gasteiger partial charge in [-0.3, -0.25) is 9.59 Å². The zero-order chi connectivity index (χ0) is 19.7. The minimum absolute atomic E-state index is 0.0145. The lowest BCUT2D eigenvalue weighted by Gasteiger charge is -2.12. The topological polar surface area (TPSA) is 105 Å². The van der Waals surface area contributed by atoms with Gasteiger partial charge >= 0.3 is 23.9 Å². The molecule has 139 valence electrons. The first-order chi connectivity index (χ1) is 12.4. The summed E-state index contributed by atoms with van der Waals surface area (Å²) in [6, 6.07) is 7.55. The van der Waals surface area contributed by atoms with Gasteiger partial charge in [-0.2, -0.15) is 0 Å². The van der Waals surface area contributed by atoms with E-state index in [-0.39, 0.29) is 12.0 Å². The maximum atomic E-state index is 11.8. The summed E-state index contributed by atoms with van der Waals surface area (Å²) < 4.78 is 18.3. The Hall–Kier alpha value is -3.16. The zero-order valence-corrected chi connectivity index (χ0v) is 14.9. The lowest BCUT2D eigenvalue weighted by Crippen LogP contribution is -2.28. The number of esters is 4. The van der Waals surface area contributed by atoms with Gasteiger partial charge in [0, 0.05) is 0 Å². The molecule has 1 rings (SSSR count). The van der Waals surface area contributed by atoms with Gasteiger partial charge in [0.25, 0.3) is 0 Å². The molecule has 8 nitrogen and oxygen atoms in total. The highest BCUT2D eigenvalue weighted by Crippen LogP contribution is 2.16. The smallest absolute Gasteiger partial charge is 0.345 e. The average Bonchev–Trinajstić information content (AvgIpc) is 2.68. The molecule has 0 aromatic heterocycles. The van der Waals surface area contributed by atoms with Gasteiger partial charge in [-0.1, -0.05) is 18.2 Å². The fourth-order valence-corrected chi connectivity index (χ4v) is 2.10. The molecule has 26 heavy (non-hydrogen) atoms. The highest BCUT2D eigenvalue weighted by atomic mass is 16.5. The van der Waals surface area contributed by atoms with Crippen molar-refractivity contribution >= 4 is 30.0 Å². The molecule has 0 atom stereocenters. The van der Waals surface area contributed by atoms with Crippen LogP contribution in [0.25, 0.3) is 6.08 Å². The number of hydrogen-bond acceptors (Lipinski definition) is 8. The minimum atomic E-state index is -1.13. The van der Waals surface area contributed by atoms with Crippen molar-refractivity contribution in [1.29, 1.82) is 0 Å². The molecule has 1 radical (unpaired) electrons. The highest BCUT2D eigenvalue weighted by Gasteiger charge is 2.29. The molecule has 0 spiro atoms. The molecule has 0 saturated carbocycles. The Morgan fingerprint density at radius 3 is 1.96 bits per heavy atom. The van der Waals surface area contributed by atoms with Gasteiger partial charge in [0.15, 0.2) is 5.92 Å². The van der Waals surface area contributed by atoms with E-state index < -0.39 is 29.8 Å². The Balaban J connectivity index is 3.18. The van der Waals surface area contributed by atoms with E-state index >= 15 is 0 Å². The van der Waals surface area contributed by atoms with Crippen molar-refractivity contribution in [1.82, 2.24) is 0 Å². The van der Waals surface area contributed by atoms with Crippen LogP contribution in [0.3, 0.4) is 0 Å². The summed E-state index contributed by atoms with van der Waals surface area (Å²) in [4.78, 5) is 47.0. The average molecular weight is 363 g/mol. The Bertz CT molecular complexity index is 686. The van der Waals surface area contributed by atoms with Gasteiger partial charge in [0.05, 0.1) is 28.4 Å². The normalized spacial score (nSPS) is 9.88. The molecule has 0 fully saturated rings. The first-order valence-corrected chi connectivity index (χ1v) is 7.42. The summed E-state index contributed by atoms with van der Waals surface area (Å²) in [5, 5.41) is 0. The van der Waals surface area contributed by atoms with E-state index in [0.717, 1.165) is 14.2 Å². The molecular weight excluding hydrogens is 344 g/mol. The second kappa shape index (κ2) is 9.97. The van der Waals surface area contributed by atoms with E-state index in [4.69, 9.17) is 0 Å². The van der Waals surface area contributed by atoms with E-state index in [1.165, 1.54) is 26.4 Å². The van der Waals surface area contributed by atoms with E-state index in [9.17, 15) is 19.2 Å². The number of methoxy groups -OCH3 is 4. The van der Waals surface area contributed by atoms with Gasteiger partial charge in [-0.15, -0.1) is 0 Å². The highest BCUT2D eigenvalue weighted by molar-refractivity contribution is 6.17. The Labute approximate surface area is 150 Å². The van der Waals surface area contributed by atoms with Gasteiger partial charge < -0.3 is 18.9 Å². The minimum Gasteiger partial charge on any atom is -0.468 e. The van der Waals surface area contributed by atoms with Crippen molar-refractivity contribution in [3.05, 3.63) is 41.0 Å². The predicted molar refractivity (Wildman–Crippen MR) is 88.5 cm³/mol. The summed E-state index contributed by atoms with van der Waals surface area (Å²) in [6.07, 6.45) is 1.26. The molecule has 0 aliphatic rings. The molecule has 0 N–H and O–H groups in total. The third-order valence-electron chi connectivity index (χ3n) is 3.41. The van der Waals surface area contributed by atoms with E-state index in [0.29, 0.717) is 11.1 Å². The van der Waals surface area contributed by atoms with Crippen LogP contribution in [0, 0.1) is 12.0 Å².